The van der Waals surface area contributed by atoms with E-state index in [0.29, 0.717) is 0 Å². The number of hydrogen-bond donors (Lipinski definition) is 1. The molecule has 0 saturated carbocycles. The Morgan fingerprint density at radius 2 is 1.89 bits per heavy atom. The minimum atomic E-state index is 0.888. The van der Waals surface area contributed by atoms with Gasteiger partial charge in [-0.3, -0.25) is 0 Å². The molecule has 0 unspecified atom stereocenters. The van der Waals surface area contributed by atoms with Crippen molar-refractivity contribution in [2.45, 2.75) is 6.92 Å². The third-order valence-corrected chi connectivity index (χ3v) is 4.01. The average Bonchev–Trinajstić information content (AvgIpc) is 2.74. The summed E-state index contributed by atoms with van der Waals surface area (Å²) in [5.74, 6) is 0.888. The summed E-state index contributed by atoms with van der Waals surface area (Å²) in [6.45, 7) is 2.08. The summed E-state index contributed by atoms with van der Waals surface area (Å²) in [5, 5.41) is 0. The van der Waals surface area contributed by atoms with Crippen LogP contribution in [0.3, 0.4) is 0 Å². The van der Waals surface area contributed by atoms with Crippen LogP contribution in [0.5, 0.6) is 0 Å². The predicted molar refractivity (Wildman–Crippen MR) is 81.7 cm³/mol. The Morgan fingerprint density at radius 3 is 2.72 bits per heavy atom. The van der Waals surface area contributed by atoms with E-state index in [1.54, 1.807) is 0 Å². The third-order valence-electron chi connectivity index (χ3n) is 2.82. The number of H-pyrrole nitrogens is 1. The van der Waals surface area contributed by atoms with Gasteiger partial charge in [0, 0.05) is 14.5 Å². The highest BCUT2D eigenvalue weighted by Gasteiger charge is 2.09. The Kier molecular flexibility index (Phi) is 2.99. The van der Waals surface area contributed by atoms with Crippen LogP contribution in [-0.4, -0.2) is 9.97 Å². The van der Waals surface area contributed by atoms with Crippen LogP contribution >= 0.6 is 31.9 Å². The molecule has 0 spiro atoms. The van der Waals surface area contributed by atoms with Gasteiger partial charge < -0.3 is 4.98 Å². The number of fused-ring (bicyclic) bond motifs is 1. The molecule has 1 N–H and O–H groups in total. The first-order chi connectivity index (χ1) is 8.63. The number of halogens is 2. The molecule has 1 heterocycles. The lowest BCUT2D eigenvalue weighted by molar-refractivity contribution is 1.31. The monoisotopic (exact) mass is 364 g/mol. The molecule has 0 radical (unpaired) electrons. The molecule has 3 aromatic rings. The quantitative estimate of drug-likeness (QED) is 0.641. The Bertz CT molecular complexity index is 732. The van der Waals surface area contributed by atoms with Crippen LogP contribution in [0.1, 0.15) is 5.56 Å². The van der Waals surface area contributed by atoms with Crippen LogP contribution in [0.25, 0.3) is 22.4 Å². The fourth-order valence-corrected chi connectivity index (χ4v) is 2.73. The van der Waals surface area contributed by atoms with Crippen molar-refractivity contribution < 1.29 is 0 Å². The Balaban J connectivity index is 2.22. The van der Waals surface area contributed by atoms with Crippen LogP contribution in [0, 0.1) is 6.92 Å². The topological polar surface area (TPSA) is 28.7 Å². The summed E-state index contributed by atoms with van der Waals surface area (Å²) in [6.07, 6.45) is 0. The molecule has 4 heteroatoms. The first kappa shape index (κ1) is 11.9. The van der Waals surface area contributed by atoms with E-state index in [-0.39, 0.29) is 0 Å². The van der Waals surface area contributed by atoms with Crippen molar-refractivity contribution in [2.75, 3.05) is 0 Å². The number of hydrogen-bond acceptors (Lipinski definition) is 1. The van der Waals surface area contributed by atoms with Crippen LogP contribution in [0.4, 0.5) is 0 Å². The Labute approximate surface area is 122 Å². The normalized spacial score (nSPS) is 11.1. The summed E-state index contributed by atoms with van der Waals surface area (Å²) in [4.78, 5) is 7.97. The lowest BCUT2D eigenvalue weighted by atomic mass is 10.1. The van der Waals surface area contributed by atoms with Gasteiger partial charge in [0.05, 0.1) is 11.0 Å². The molecule has 0 saturated heterocycles. The van der Waals surface area contributed by atoms with E-state index in [1.807, 2.05) is 24.3 Å². The largest absolute Gasteiger partial charge is 0.338 e. The van der Waals surface area contributed by atoms with Gasteiger partial charge in [0.2, 0.25) is 0 Å². The van der Waals surface area contributed by atoms with Crippen LogP contribution in [0.2, 0.25) is 0 Å². The number of aromatic nitrogens is 2. The molecular formula is C14H10Br2N2. The van der Waals surface area contributed by atoms with Crippen LogP contribution < -0.4 is 0 Å². The molecule has 3 rings (SSSR count). The SMILES string of the molecule is Cc1ccc(Br)c(-c2nc3ccc(Br)cc3[nH]2)c1. The van der Waals surface area contributed by atoms with Gasteiger partial charge in [-0.2, -0.15) is 0 Å². The minimum Gasteiger partial charge on any atom is -0.338 e. The maximum Gasteiger partial charge on any atom is 0.139 e. The molecule has 0 atom stereocenters. The molecule has 1 aromatic heterocycles. The van der Waals surface area contributed by atoms with Gasteiger partial charge in [0.1, 0.15) is 5.82 Å². The standard InChI is InChI=1S/C14H10Br2N2/c1-8-2-4-11(16)10(6-8)14-17-12-5-3-9(15)7-13(12)18-14/h2-7H,1H3,(H,17,18). The highest BCUT2D eigenvalue weighted by Crippen LogP contribution is 2.29. The number of nitrogens with zero attached hydrogens (tertiary/aromatic N) is 1. The zero-order chi connectivity index (χ0) is 12.7. The van der Waals surface area contributed by atoms with Crippen molar-refractivity contribution >= 4 is 42.9 Å². The fraction of sp³-hybridized carbons (Fsp3) is 0.0714. The number of aryl methyl sites for hydroxylation is 1. The predicted octanol–water partition coefficient (Wildman–Crippen LogP) is 5.06. The minimum absolute atomic E-state index is 0.888. The van der Waals surface area contributed by atoms with E-state index < -0.39 is 0 Å². The van der Waals surface area contributed by atoms with Crippen molar-refractivity contribution in [3.8, 4) is 11.4 Å². The van der Waals surface area contributed by atoms with Gasteiger partial charge in [0.25, 0.3) is 0 Å². The first-order valence-electron chi connectivity index (χ1n) is 5.55. The zero-order valence-corrected chi connectivity index (χ0v) is 12.8. The number of benzene rings is 2. The second-order valence-corrected chi connectivity index (χ2v) is 6.00. The second kappa shape index (κ2) is 4.52. The van der Waals surface area contributed by atoms with Gasteiger partial charge in [-0.15, -0.1) is 0 Å². The maximum atomic E-state index is 4.62. The van der Waals surface area contributed by atoms with Crippen molar-refractivity contribution in [3.05, 3.63) is 50.9 Å². The van der Waals surface area contributed by atoms with Gasteiger partial charge in [-0.05, 0) is 37.3 Å². The third kappa shape index (κ3) is 2.10. The Hall–Kier alpha value is -1.13. The molecule has 0 aliphatic heterocycles. The van der Waals surface area contributed by atoms with Gasteiger partial charge in [0.15, 0.2) is 0 Å². The van der Waals surface area contributed by atoms with E-state index in [9.17, 15) is 0 Å². The molecule has 2 aromatic carbocycles. The van der Waals surface area contributed by atoms with Crippen LogP contribution in [0.15, 0.2) is 45.3 Å². The van der Waals surface area contributed by atoms with E-state index >= 15 is 0 Å². The highest BCUT2D eigenvalue weighted by atomic mass is 79.9. The van der Waals surface area contributed by atoms with Crippen molar-refractivity contribution in [1.29, 1.82) is 0 Å². The number of nitrogens with one attached hydrogen (secondary N) is 1. The van der Waals surface area contributed by atoms with E-state index in [0.717, 1.165) is 31.4 Å². The Morgan fingerprint density at radius 1 is 1.06 bits per heavy atom. The highest BCUT2D eigenvalue weighted by molar-refractivity contribution is 9.10. The molecule has 0 aliphatic rings. The molecule has 0 bridgehead atoms. The van der Waals surface area contributed by atoms with Crippen molar-refractivity contribution in [3.63, 3.8) is 0 Å². The number of imidazole rings is 1. The average molecular weight is 366 g/mol. The lowest BCUT2D eigenvalue weighted by Gasteiger charge is -2.01. The summed E-state index contributed by atoms with van der Waals surface area (Å²) in [7, 11) is 0. The van der Waals surface area contributed by atoms with Gasteiger partial charge in [-0.1, -0.05) is 43.5 Å². The smallest absolute Gasteiger partial charge is 0.139 e. The molecule has 2 nitrogen and oxygen atoms in total. The molecular weight excluding hydrogens is 356 g/mol. The molecule has 90 valence electrons. The second-order valence-electron chi connectivity index (χ2n) is 4.23. The zero-order valence-electron chi connectivity index (χ0n) is 9.67. The van der Waals surface area contributed by atoms with E-state index in [1.165, 1.54) is 5.56 Å². The first-order valence-corrected chi connectivity index (χ1v) is 7.14. The number of aromatic amines is 1. The van der Waals surface area contributed by atoms with E-state index in [4.69, 9.17) is 0 Å². The number of rotatable bonds is 1. The van der Waals surface area contributed by atoms with Crippen molar-refractivity contribution in [1.82, 2.24) is 9.97 Å². The fourth-order valence-electron chi connectivity index (χ4n) is 1.93. The van der Waals surface area contributed by atoms with E-state index in [2.05, 4.69) is 60.9 Å². The molecule has 0 amide bonds. The summed E-state index contributed by atoms with van der Waals surface area (Å²) >= 11 is 7.04. The molecule has 0 fully saturated rings. The lowest BCUT2D eigenvalue weighted by Crippen LogP contribution is -1.83. The molecule has 18 heavy (non-hydrogen) atoms. The summed E-state index contributed by atoms with van der Waals surface area (Å²) in [6, 6.07) is 12.3. The summed E-state index contributed by atoms with van der Waals surface area (Å²) < 4.78 is 2.10. The van der Waals surface area contributed by atoms with Gasteiger partial charge in [-0.25, -0.2) is 4.98 Å². The van der Waals surface area contributed by atoms with Gasteiger partial charge >= 0.3 is 0 Å². The van der Waals surface area contributed by atoms with Crippen molar-refractivity contribution in [2.24, 2.45) is 0 Å². The molecule has 0 aliphatic carbocycles. The van der Waals surface area contributed by atoms with Crippen LogP contribution in [-0.2, 0) is 0 Å². The maximum absolute atomic E-state index is 4.62. The summed E-state index contributed by atoms with van der Waals surface area (Å²) in [5.41, 5.74) is 4.31.